The molecule has 0 aliphatic carbocycles. The second-order valence-electron chi connectivity index (χ2n) is 4.89. The summed E-state index contributed by atoms with van der Waals surface area (Å²) in [6.45, 7) is 4.97. The summed E-state index contributed by atoms with van der Waals surface area (Å²) in [5, 5.41) is 3.24. The van der Waals surface area contributed by atoms with Crippen molar-refractivity contribution in [3.8, 4) is 16.9 Å². The zero-order valence-electron chi connectivity index (χ0n) is 12.4. The lowest BCUT2D eigenvalue weighted by molar-refractivity contribution is 0.316. The third kappa shape index (κ3) is 3.58. The Labute approximate surface area is 121 Å². The zero-order chi connectivity index (χ0) is 14.4. The Balaban J connectivity index is 2.18. The normalized spacial score (nSPS) is 12.2. The molecule has 0 saturated carbocycles. The predicted octanol–water partition coefficient (Wildman–Crippen LogP) is 3.82. The maximum Gasteiger partial charge on any atom is 0.138 e. The number of ether oxygens (including phenoxy) is 1. The van der Waals surface area contributed by atoms with Crippen LogP contribution < -0.4 is 10.1 Å². The molecule has 3 nitrogen and oxygen atoms in total. The molecule has 0 aliphatic rings. The molecule has 0 bridgehead atoms. The van der Waals surface area contributed by atoms with Crippen LogP contribution in [0.4, 0.5) is 0 Å². The third-order valence-corrected chi connectivity index (χ3v) is 3.36. The molecule has 20 heavy (non-hydrogen) atoms. The van der Waals surface area contributed by atoms with Crippen molar-refractivity contribution in [1.29, 1.82) is 0 Å². The molecule has 0 spiro atoms. The molecule has 1 heterocycles. The van der Waals surface area contributed by atoms with Crippen molar-refractivity contribution in [3.05, 3.63) is 48.3 Å². The van der Waals surface area contributed by atoms with Gasteiger partial charge in [-0.3, -0.25) is 4.98 Å². The van der Waals surface area contributed by atoms with Crippen LogP contribution in [0, 0.1) is 0 Å². The van der Waals surface area contributed by atoms with Crippen LogP contribution in [0.3, 0.4) is 0 Å². The Morgan fingerprint density at radius 3 is 2.55 bits per heavy atom. The first kappa shape index (κ1) is 14.5. The molecule has 106 valence electrons. The number of nitrogens with one attached hydrogen (secondary N) is 1. The first-order valence-electron chi connectivity index (χ1n) is 7.10. The Morgan fingerprint density at radius 1 is 1.15 bits per heavy atom. The molecule has 0 aliphatic heterocycles. The van der Waals surface area contributed by atoms with Crippen LogP contribution in [0.2, 0.25) is 0 Å². The molecule has 1 aromatic carbocycles. The SMILES string of the molecule is CCCOc1cncc(-c2ccc(C(C)NC)cc2)c1. The van der Waals surface area contributed by atoms with Gasteiger partial charge in [0.2, 0.25) is 0 Å². The smallest absolute Gasteiger partial charge is 0.138 e. The molecule has 0 saturated heterocycles. The van der Waals surface area contributed by atoms with Crippen LogP contribution in [0.5, 0.6) is 5.75 Å². The lowest BCUT2D eigenvalue weighted by Gasteiger charge is -2.11. The van der Waals surface area contributed by atoms with E-state index in [1.165, 1.54) is 5.56 Å². The van der Waals surface area contributed by atoms with Crippen LogP contribution in [0.15, 0.2) is 42.7 Å². The van der Waals surface area contributed by atoms with E-state index in [-0.39, 0.29) is 0 Å². The molecule has 0 fully saturated rings. The second kappa shape index (κ2) is 7.06. The van der Waals surface area contributed by atoms with E-state index in [1.54, 1.807) is 6.20 Å². The monoisotopic (exact) mass is 270 g/mol. The summed E-state index contributed by atoms with van der Waals surface area (Å²) in [6.07, 6.45) is 4.63. The van der Waals surface area contributed by atoms with E-state index in [1.807, 2.05) is 19.3 Å². The van der Waals surface area contributed by atoms with Gasteiger partial charge in [0.15, 0.2) is 0 Å². The number of aromatic nitrogens is 1. The Hall–Kier alpha value is -1.87. The Kier molecular flexibility index (Phi) is 5.13. The molecule has 0 radical (unpaired) electrons. The van der Waals surface area contributed by atoms with Gasteiger partial charge in [-0.2, -0.15) is 0 Å². The molecule has 2 rings (SSSR count). The van der Waals surface area contributed by atoms with Gasteiger partial charge in [-0.15, -0.1) is 0 Å². The fourth-order valence-electron chi connectivity index (χ4n) is 2.01. The number of hydrogen-bond donors (Lipinski definition) is 1. The van der Waals surface area contributed by atoms with Gasteiger partial charge >= 0.3 is 0 Å². The molecular weight excluding hydrogens is 248 g/mol. The number of pyridine rings is 1. The number of nitrogens with zero attached hydrogens (tertiary/aromatic N) is 1. The minimum Gasteiger partial charge on any atom is -0.492 e. The standard InChI is InChI=1S/C17H22N2O/c1-4-9-20-17-10-16(11-19-12-17)15-7-5-14(6-8-15)13(2)18-3/h5-8,10-13,18H,4,9H2,1-3H3. The maximum absolute atomic E-state index is 5.62. The fourth-order valence-corrected chi connectivity index (χ4v) is 2.01. The summed E-state index contributed by atoms with van der Waals surface area (Å²) in [4.78, 5) is 4.25. The molecule has 1 aromatic heterocycles. The highest BCUT2D eigenvalue weighted by molar-refractivity contribution is 5.64. The molecule has 1 N–H and O–H groups in total. The minimum absolute atomic E-state index is 0.362. The minimum atomic E-state index is 0.362. The van der Waals surface area contributed by atoms with E-state index in [0.29, 0.717) is 6.04 Å². The Morgan fingerprint density at radius 2 is 1.90 bits per heavy atom. The average molecular weight is 270 g/mol. The van der Waals surface area contributed by atoms with Crippen molar-refractivity contribution in [2.24, 2.45) is 0 Å². The summed E-state index contributed by atoms with van der Waals surface area (Å²) < 4.78 is 5.62. The number of rotatable bonds is 6. The zero-order valence-corrected chi connectivity index (χ0v) is 12.4. The average Bonchev–Trinajstić information content (AvgIpc) is 2.52. The summed E-state index contributed by atoms with van der Waals surface area (Å²) in [5.74, 6) is 0.831. The van der Waals surface area contributed by atoms with Crippen molar-refractivity contribution < 1.29 is 4.74 Å². The first-order chi connectivity index (χ1) is 9.74. The first-order valence-corrected chi connectivity index (χ1v) is 7.10. The lowest BCUT2D eigenvalue weighted by atomic mass is 10.0. The van der Waals surface area contributed by atoms with Gasteiger partial charge in [0.1, 0.15) is 5.75 Å². The van der Waals surface area contributed by atoms with Gasteiger partial charge in [0, 0.05) is 17.8 Å². The highest BCUT2D eigenvalue weighted by Crippen LogP contribution is 2.24. The number of benzene rings is 1. The van der Waals surface area contributed by atoms with E-state index in [9.17, 15) is 0 Å². The van der Waals surface area contributed by atoms with Crippen LogP contribution in [0.1, 0.15) is 31.9 Å². The van der Waals surface area contributed by atoms with Gasteiger partial charge in [0.05, 0.1) is 12.8 Å². The molecule has 1 unspecified atom stereocenters. The van der Waals surface area contributed by atoms with Crippen molar-refractivity contribution in [3.63, 3.8) is 0 Å². The third-order valence-electron chi connectivity index (χ3n) is 3.36. The van der Waals surface area contributed by atoms with E-state index >= 15 is 0 Å². The summed E-state index contributed by atoms with van der Waals surface area (Å²) in [6, 6.07) is 11.0. The fraction of sp³-hybridized carbons (Fsp3) is 0.353. The molecular formula is C17H22N2O. The molecule has 3 heteroatoms. The highest BCUT2D eigenvalue weighted by atomic mass is 16.5. The highest BCUT2D eigenvalue weighted by Gasteiger charge is 2.04. The second-order valence-corrected chi connectivity index (χ2v) is 4.89. The van der Waals surface area contributed by atoms with Crippen molar-refractivity contribution in [1.82, 2.24) is 10.3 Å². The van der Waals surface area contributed by atoms with Crippen molar-refractivity contribution in [2.75, 3.05) is 13.7 Å². The molecule has 1 atom stereocenters. The van der Waals surface area contributed by atoms with Gasteiger partial charge in [-0.05, 0) is 37.6 Å². The van der Waals surface area contributed by atoms with E-state index in [2.05, 4.69) is 48.4 Å². The summed E-state index contributed by atoms with van der Waals surface area (Å²) >= 11 is 0. The largest absolute Gasteiger partial charge is 0.492 e. The molecule has 0 amide bonds. The van der Waals surface area contributed by atoms with Gasteiger partial charge < -0.3 is 10.1 Å². The van der Waals surface area contributed by atoms with Crippen LogP contribution >= 0.6 is 0 Å². The van der Waals surface area contributed by atoms with Gasteiger partial charge in [-0.25, -0.2) is 0 Å². The van der Waals surface area contributed by atoms with E-state index < -0.39 is 0 Å². The van der Waals surface area contributed by atoms with Crippen LogP contribution in [-0.2, 0) is 0 Å². The Bertz CT molecular complexity index is 537. The molecule has 2 aromatic rings. The van der Waals surface area contributed by atoms with Crippen LogP contribution in [0.25, 0.3) is 11.1 Å². The van der Waals surface area contributed by atoms with E-state index in [0.717, 1.165) is 29.9 Å². The van der Waals surface area contributed by atoms with Gasteiger partial charge in [0.25, 0.3) is 0 Å². The predicted molar refractivity (Wildman–Crippen MR) is 82.9 cm³/mol. The van der Waals surface area contributed by atoms with Crippen molar-refractivity contribution in [2.45, 2.75) is 26.3 Å². The quantitative estimate of drug-likeness (QED) is 0.866. The topological polar surface area (TPSA) is 34.1 Å². The van der Waals surface area contributed by atoms with E-state index in [4.69, 9.17) is 4.74 Å². The summed E-state index contributed by atoms with van der Waals surface area (Å²) in [7, 11) is 1.97. The van der Waals surface area contributed by atoms with Crippen LogP contribution in [-0.4, -0.2) is 18.6 Å². The maximum atomic E-state index is 5.62. The number of hydrogen-bond acceptors (Lipinski definition) is 3. The summed E-state index contributed by atoms with van der Waals surface area (Å²) in [5.41, 5.74) is 3.52. The lowest BCUT2D eigenvalue weighted by Crippen LogP contribution is -2.11. The van der Waals surface area contributed by atoms with Gasteiger partial charge in [-0.1, -0.05) is 31.2 Å². The van der Waals surface area contributed by atoms with Crippen molar-refractivity contribution >= 4 is 0 Å².